The van der Waals surface area contributed by atoms with Crippen molar-refractivity contribution in [2.75, 3.05) is 0 Å². The Morgan fingerprint density at radius 2 is 1.94 bits per heavy atom. The molecule has 0 radical (unpaired) electrons. The summed E-state index contributed by atoms with van der Waals surface area (Å²) in [6.07, 6.45) is 19.9. The first-order chi connectivity index (χ1) is 15.0. The molecule has 0 saturated heterocycles. The molecule has 1 aliphatic carbocycles. The number of benzene rings is 1. The molecular weight excluding hydrogens is 376 g/mol. The molecule has 2 nitrogen and oxygen atoms in total. The van der Waals surface area contributed by atoms with Crippen LogP contribution < -0.4 is 0 Å². The summed E-state index contributed by atoms with van der Waals surface area (Å²) in [5.74, 6) is 0.822. The first-order valence-corrected chi connectivity index (χ1v) is 11.0. The fraction of sp³-hybridized carbons (Fsp3) is 0.241. The summed E-state index contributed by atoms with van der Waals surface area (Å²) in [5.41, 5.74) is 9.19. The van der Waals surface area contributed by atoms with E-state index in [4.69, 9.17) is 9.98 Å². The molecule has 2 heteroatoms. The lowest BCUT2D eigenvalue weighted by atomic mass is 9.82. The van der Waals surface area contributed by atoms with E-state index >= 15 is 0 Å². The molecule has 2 unspecified atom stereocenters. The van der Waals surface area contributed by atoms with Crippen molar-refractivity contribution in [3.05, 3.63) is 107 Å². The van der Waals surface area contributed by atoms with Crippen LogP contribution in [0.1, 0.15) is 43.5 Å². The number of pyridine rings is 1. The maximum absolute atomic E-state index is 5.03. The van der Waals surface area contributed by atoms with Crippen molar-refractivity contribution in [2.24, 2.45) is 10.9 Å². The predicted octanol–water partition coefficient (Wildman–Crippen LogP) is 7.65. The van der Waals surface area contributed by atoms with Gasteiger partial charge in [-0.25, -0.2) is 0 Å². The SMILES string of the molecule is C=C/C=C\C=C(/C)C1=CC(C)=Nc2c(ccc3c(C4C=CC=CC4C)cc(C)nc23)C1. The van der Waals surface area contributed by atoms with E-state index in [1.54, 1.807) is 6.08 Å². The maximum Gasteiger partial charge on any atom is 0.0967 e. The van der Waals surface area contributed by atoms with Gasteiger partial charge in [0.15, 0.2) is 0 Å². The topological polar surface area (TPSA) is 25.2 Å². The minimum atomic E-state index is 0.360. The van der Waals surface area contributed by atoms with Gasteiger partial charge in [0, 0.05) is 22.7 Å². The van der Waals surface area contributed by atoms with Gasteiger partial charge in [0.05, 0.1) is 11.2 Å². The van der Waals surface area contributed by atoms with E-state index < -0.39 is 0 Å². The maximum atomic E-state index is 5.03. The Morgan fingerprint density at radius 1 is 1.13 bits per heavy atom. The molecule has 0 N–H and O–H groups in total. The van der Waals surface area contributed by atoms with Crippen molar-refractivity contribution in [3.63, 3.8) is 0 Å². The minimum absolute atomic E-state index is 0.360. The lowest BCUT2D eigenvalue weighted by Crippen LogP contribution is -2.09. The van der Waals surface area contributed by atoms with Gasteiger partial charge in [0.2, 0.25) is 0 Å². The first kappa shape index (κ1) is 21.0. The van der Waals surface area contributed by atoms with Crippen LogP contribution in [0.15, 0.2) is 95.6 Å². The first-order valence-electron chi connectivity index (χ1n) is 11.0. The number of aromatic nitrogens is 1. The molecule has 1 aromatic heterocycles. The lowest BCUT2D eigenvalue weighted by molar-refractivity contribution is 0.638. The average molecular weight is 407 g/mol. The molecule has 0 amide bonds. The van der Waals surface area contributed by atoms with Crippen LogP contribution in [0.4, 0.5) is 5.69 Å². The van der Waals surface area contributed by atoms with Gasteiger partial charge in [0.25, 0.3) is 0 Å². The molecule has 2 heterocycles. The number of aryl methyl sites for hydroxylation is 1. The molecule has 1 aromatic carbocycles. The Labute approximate surface area is 185 Å². The van der Waals surface area contributed by atoms with E-state index in [1.807, 2.05) is 12.2 Å². The zero-order valence-electron chi connectivity index (χ0n) is 18.9. The number of nitrogens with zero attached hydrogens (tertiary/aromatic N) is 2. The molecule has 0 fully saturated rings. The molecule has 156 valence electrons. The predicted molar refractivity (Wildman–Crippen MR) is 134 cm³/mol. The van der Waals surface area contributed by atoms with Crippen molar-refractivity contribution in [3.8, 4) is 0 Å². The third kappa shape index (κ3) is 4.29. The van der Waals surface area contributed by atoms with Crippen LogP contribution >= 0.6 is 0 Å². The van der Waals surface area contributed by atoms with Crippen molar-refractivity contribution in [1.29, 1.82) is 0 Å². The van der Waals surface area contributed by atoms with Gasteiger partial charge in [-0.1, -0.05) is 74.2 Å². The van der Waals surface area contributed by atoms with E-state index in [-0.39, 0.29) is 0 Å². The Kier molecular flexibility index (Phi) is 5.99. The number of allylic oxidation sites excluding steroid dienone is 11. The second-order valence-corrected chi connectivity index (χ2v) is 8.55. The van der Waals surface area contributed by atoms with Crippen molar-refractivity contribution < 1.29 is 0 Å². The van der Waals surface area contributed by atoms with Gasteiger partial charge < -0.3 is 0 Å². The Hall–Kier alpha value is -3.26. The fourth-order valence-corrected chi connectivity index (χ4v) is 4.48. The van der Waals surface area contributed by atoms with Gasteiger partial charge in [-0.15, -0.1) is 0 Å². The summed E-state index contributed by atoms with van der Waals surface area (Å²) in [7, 11) is 0. The highest BCUT2D eigenvalue weighted by molar-refractivity contribution is 6.02. The summed E-state index contributed by atoms with van der Waals surface area (Å²) in [6, 6.07) is 6.74. The van der Waals surface area contributed by atoms with E-state index in [0.29, 0.717) is 11.8 Å². The van der Waals surface area contributed by atoms with Crippen LogP contribution in [0.5, 0.6) is 0 Å². The van der Waals surface area contributed by atoms with Crippen molar-refractivity contribution in [1.82, 2.24) is 4.98 Å². The number of aliphatic imine (C=N–C) groups is 1. The Bertz CT molecular complexity index is 1220. The van der Waals surface area contributed by atoms with E-state index in [0.717, 1.165) is 29.0 Å². The second kappa shape index (κ2) is 8.85. The van der Waals surface area contributed by atoms with E-state index in [9.17, 15) is 0 Å². The highest BCUT2D eigenvalue weighted by Gasteiger charge is 2.22. The van der Waals surface area contributed by atoms with Gasteiger partial charge >= 0.3 is 0 Å². The Balaban J connectivity index is 1.84. The normalized spacial score (nSPS) is 21.1. The molecule has 31 heavy (non-hydrogen) atoms. The molecule has 0 saturated carbocycles. The summed E-state index contributed by atoms with van der Waals surface area (Å²) in [6.45, 7) is 12.3. The van der Waals surface area contributed by atoms with Crippen LogP contribution in [0.3, 0.4) is 0 Å². The highest BCUT2D eigenvalue weighted by Crippen LogP contribution is 2.40. The van der Waals surface area contributed by atoms with Crippen molar-refractivity contribution >= 4 is 22.3 Å². The van der Waals surface area contributed by atoms with Crippen LogP contribution in [-0.4, -0.2) is 10.7 Å². The standard InChI is InChI=1S/C29H30N2/c1-6-7-8-11-19(2)24-16-21(4)30-28-23(18-24)14-15-26-27(17-22(5)31-29(26)28)25-13-10-9-12-20(25)3/h6-17,20,25H,1,18H2,2-5H3/b8-7-,19-11+. The quantitative estimate of drug-likeness (QED) is 0.479. The zero-order valence-corrected chi connectivity index (χ0v) is 18.9. The third-order valence-corrected chi connectivity index (χ3v) is 6.12. The smallest absolute Gasteiger partial charge is 0.0967 e. The fourth-order valence-electron chi connectivity index (χ4n) is 4.48. The Morgan fingerprint density at radius 3 is 2.71 bits per heavy atom. The van der Waals surface area contributed by atoms with Crippen molar-refractivity contribution in [2.45, 2.75) is 40.0 Å². The number of hydrogen-bond donors (Lipinski definition) is 0. The van der Waals surface area contributed by atoms with Gasteiger partial charge in [-0.3, -0.25) is 9.98 Å². The molecule has 1 aliphatic heterocycles. The second-order valence-electron chi connectivity index (χ2n) is 8.55. The molecule has 0 spiro atoms. The van der Waals surface area contributed by atoms with Crippen LogP contribution in [-0.2, 0) is 6.42 Å². The van der Waals surface area contributed by atoms with Crippen LogP contribution in [0.25, 0.3) is 10.9 Å². The van der Waals surface area contributed by atoms with E-state index in [1.165, 1.54) is 27.7 Å². The number of hydrogen-bond acceptors (Lipinski definition) is 2. The summed E-state index contributed by atoms with van der Waals surface area (Å²) < 4.78 is 0. The van der Waals surface area contributed by atoms with E-state index in [2.05, 4.69) is 88.9 Å². The molecule has 2 atom stereocenters. The highest BCUT2D eigenvalue weighted by atomic mass is 14.8. The van der Waals surface area contributed by atoms with Crippen LogP contribution in [0, 0.1) is 12.8 Å². The zero-order chi connectivity index (χ0) is 22.0. The molecule has 2 aromatic rings. The molecule has 4 rings (SSSR count). The third-order valence-electron chi connectivity index (χ3n) is 6.12. The minimum Gasteiger partial charge on any atom is -0.251 e. The molecule has 2 aliphatic rings. The monoisotopic (exact) mass is 406 g/mol. The van der Waals surface area contributed by atoms with Gasteiger partial charge in [-0.05, 0) is 67.5 Å². The average Bonchev–Trinajstić information content (AvgIpc) is 2.92. The summed E-state index contributed by atoms with van der Waals surface area (Å²) >= 11 is 0. The number of rotatable bonds is 4. The lowest BCUT2D eigenvalue weighted by Gasteiger charge is -2.23. The van der Waals surface area contributed by atoms with Crippen LogP contribution in [0.2, 0.25) is 0 Å². The summed E-state index contributed by atoms with van der Waals surface area (Å²) in [4.78, 5) is 9.99. The van der Waals surface area contributed by atoms with Gasteiger partial charge in [0.1, 0.15) is 0 Å². The largest absolute Gasteiger partial charge is 0.251 e. The summed E-state index contributed by atoms with van der Waals surface area (Å²) in [5, 5.41) is 1.21. The molecular formula is C29H30N2. The molecule has 0 bridgehead atoms. The number of fused-ring (bicyclic) bond motifs is 3. The van der Waals surface area contributed by atoms with Gasteiger partial charge in [-0.2, -0.15) is 0 Å².